The van der Waals surface area contributed by atoms with Gasteiger partial charge in [0.2, 0.25) is 11.9 Å². The molecule has 154 valence electrons. The lowest BCUT2D eigenvalue weighted by atomic mass is 9.99. The number of aromatic nitrogens is 1. The lowest BCUT2D eigenvalue weighted by Crippen LogP contribution is -2.29. The summed E-state index contributed by atoms with van der Waals surface area (Å²) in [6.07, 6.45) is 2.42. The van der Waals surface area contributed by atoms with Crippen molar-refractivity contribution in [1.82, 2.24) is 4.98 Å². The summed E-state index contributed by atoms with van der Waals surface area (Å²) in [7, 11) is 0. The van der Waals surface area contributed by atoms with Crippen LogP contribution >= 0.6 is 0 Å². The Balaban J connectivity index is 1.67. The highest BCUT2D eigenvalue weighted by Crippen LogP contribution is 2.24. The van der Waals surface area contributed by atoms with Crippen molar-refractivity contribution in [1.29, 1.82) is 0 Å². The van der Waals surface area contributed by atoms with Crippen molar-refractivity contribution in [3.05, 3.63) is 83.9 Å². The first-order valence-electron chi connectivity index (χ1n) is 10.2. The van der Waals surface area contributed by atoms with Gasteiger partial charge in [-0.2, -0.15) is 4.39 Å². The zero-order chi connectivity index (χ0) is 21.5. The Morgan fingerprint density at radius 2 is 1.57 bits per heavy atom. The van der Waals surface area contributed by atoms with Crippen LogP contribution in [0.4, 0.5) is 10.1 Å². The average Bonchev–Trinajstić information content (AvgIpc) is 2.79. The first-order chi connectivity index (χ1) is 14.5. The molecule has 0 radical (unpaired) electrons. The third kappa shape index (κ3) is 4.98. The fourth-order valence-electron chi connectivity index (χ4n) is 3.37. The second-order valence-electron chi connectivity index (χ2n) is 6.99. The Hall–Kier alpha value is -3.34. The van der Waals surface area contributed by atoms with Crippen LogP contribution in [0, 0.1) is 5.95 Å². The highest BCUT2D eigenvalue weighted by atomic mass is 19.1. The van der Waals surface area contributed by atoms with Gasteiger partial charge in [0, 0.05) is 42.4 Å². The third-order valence-corrected chi connectivity index (χ3v) is 5.10. The number of carbonyl (C=O) groups excluding carboxylic acids is 2. The van der Waals surface area contributed by atoms with Gasteiger partial charge in [-0.25, -0.2) is 4.98 Å². The molecule has 2 aromatic carbocycles. The molecule has 0 aliphatic carbocycles. The molecule has 0 N–H and O–H groups in total. The number of ketones is 1. The van der Waals surface area contributed by atoms with Gasteiger partial charge in [0.15, 0.2) is 5.78 Å². The third-order valence-electron chi connectivity index (χ3n) is 5.10. The summed E-state index contributed by atoms with van der Waals surface area (Å²) in [4.78, 5) is 29.8. The summed E-state index contributed by atoms with van der Waals surface area (Å²) in [5.74, 6) is -0.456. The molecular weight excluding hydrogens is 379 g/mol. The average molecular weight is 404 g/mol. The number of pyridine rings is 1. The summed E-state index contributed by atoms with van der Waals surface area (Å²) >= 11 is 0. The maximum atomic E-state index is 13.6. The summed E-state index contributed by atoms with van der Waals surface area (Å²) < 4.78 is 13.6. The maximum absolute atomic E-state index is 13.6. The van der Waals surface area contributed by atoms with Crippen LogP contribution in [0.15, 0.2) is 66.9 Å². The van der Waals surface area contributed by atoms with E-state index in [0.717, 1.165) is 16.8 Å². The number of rotatable bonds is 8. The van der Waals surface area contributed by atoms with Crippen LogP contribution in [-0.4, -0.2) is 23.2 Å². The molecule has 30 heavy (non-hydrogen) atoms. The van der Waals surface area contributed by atoms with E-state index < -0.39 is 5.95 Å². The Bertz CT molecular complexity index is 1010. The zero-order valence-corrected chi connectivity index (χ0v) is 17.3. The molecule has 1 amide bonds. The molecule has 0 spiro atoms. The van der Waals surface area contributed by atoms with Crippen molar-refractivity contribution in [2.45, 2.75) is 33.1 Å². The highest BCUT2D eigenvalue weighted by Gasteiger charge is 2.12. The zero-order valence-electron chi connectivity index (χ0n) is 17.3. The van der Waals surface area contributed by atoms with Gasteiger partial charge < -0.3 is 4.90 Å². The highest BCUT2D eigenvalue weighted by molar-refractivity contribution is 5.96. The molecule has 0 aliphatic rings. The van der Waals surface area contributed by atoms with Crippen molar-refractivity contribution >= 4 is 17.4 Å². The quantitative estimate of drug-likeness (QED) is 0.370. The summed E-state index contributed by atoms with van der Waals surface area (Å²) in [5.41, 5.74) is 3.93. The van der Waals surface area contributed by atoms with Gasteiger partial charge in [-0.3, -0.25) is 9.59 Å². The topological polar surface area (TPSA) is 50.3 Å². The molecule has 0 saturated carbocycles. The molecule has 1 heterocycles. The molecule has 1 aromatic heterocycles. The van der Waals surface area contributed by atoms with E-state index in [0.29, 0.717) is 30.5 Å². The van der Waals surface area contributed by atoms with E-state index in [1.165, 1.54) is 6.20 Å². The van der Waals surface area contributed by atoms with E-state index in [4.69, 9.17) is 0 Å². The number of carbonyl (C=O) groups is 2. The predicted molar refractivity (Wildman–Crippen MR) is 117 cm³/mol. The van der Waals surface area contributed by atoms with Crippen molar-refractivity contribution < 1.29 is 14.0 Å². The molecule has 0 fully saturated rings. The van der Waals surface area contributed by atoms with Gasteiger partial charge in [-0.05, 0) is 42.7 Å². The Morgan fingerprint density at radius 1 is 0.933 bits per heavy atom. The van der Waals surface area contributed by atoms with Crippen molar-refractivity contribution in [3.63, 3.8) is 0 Å². The van der Waals surface area contributed by atoms with E-state index in [9.17, 15) is 14.0 Å². The van der Waals surface area contributed by atoms with Gasteiger partial charge in [-0.15, -0.1) is 0 Å². The molecule has 0 saturated heterocycles. The second kappa shape index (κ2) is 9.92. The molecule has 0 aliphatic heterocycles. The fourth-order valence-corrected chi connectivity index (χ4v) is 3.37. The number of hydrogen-bond donors (Lipinski definition) is 0. The lowest BCUT2D eigenvalue weighted by Gasteiger charge is -2.20. The molecule has 3 rings (SSSR count). The SMILES string of the molecule is CCC(=O)N(CC)c1ccc(-c2ccc(C(=O)CCc3cccnc3F)cc2)cc1. The minimum absolute atomic E-state index is 0.0307. The van der Waals surface area contributed by atoms with E-state index in [2.05, 4.69) is 4.98 Å². The molecule has 0 bridgehead atoms. The van der Waals surface area contributed by atoms with Crippen LogP contribution in [0.5, 0.6) is 0 Å². The minimum Gasteiger partial charge on any atom is -0.313 e. The number of Topliss-reactive ketones (excluding diaryl/α,β-unsaturated/α-hetero) is 1. The number of benzene rings is 2. The molecular formula is C25H25FN2O2. The molecule has 4 nitrogen and oxygen atoms in total. The second-order valence-corrected chi connectivity index (χ2v) is 6.99. The van der Waals surface area contributed by atoms with Gasteiger partial charge in [0.05, 0.1) is 0 Å². The van der Waals surface area contributed by atoms with Crippen LogP contribution < -0.4 is 4.90 Å². The Morgan fingerprint density at radius 3 is 2.13 bits per heavy atom. The number of amides is 1. The van der Waals surface area contributed by atoms with Gasteiger partial charge in [-0.1, -0.05) is 49.4 Å². The molecule has 3 aromatic rings. The minimum atomic E-state index is -0.522. The number of halogens is 1. The van der Waals surface area contributed by atoms with E-state index in [1.807, 2.05) is 50.2 Å². The normalized spacial score (nSPS) is 10.6. The number of nitrogens with zero attached hydrogens (tertiary/aromatic N) is 2. The standard InChI is InChI=1S/C25H25FN2O2/c1-3-24(30)28(4-2)22-14-11-19(12-15-22)18-7-9-20(10-8-18)23(29)16-13-21-6-5-17-27-25(21)26/h5-12,14-15,17H,3-4,13,16H2,1-2H3. The van der Waals surface area contributed by atoms with Crippen molar-refractivity contribution in [2.24, 2.45) is 0 Å². The van der Waals surface area contributed by atoms with Crippen LogP contribution in [-0.2, 0) is 11.2 Å². The smallest absolute Gasteiger partial charge is 0.226 e. The van der Waals surface area contributed by atoms with E-state index in [-0.39, 0.29) is 18.1 Å². The molecule has 0 atom stereocenters. The predicted octanol–water partition coefficient (Wildman–Crippen LogP) is 5.47. The number of aryl methyl sites for hydroxylation is 1. The largest absolute Gasteiger partial charge is 0.313 e. The molecule has 5 heteroatoms. The first-order valence-corrected chi connectivity index (χ1v) is 10.2. The van der Waals surface area contributed by atoms with Crippen LogP contribution in [0.25, 0.3) is 11.1 Å². The van der Waals surface area contributed by atoms with Crippen molar-refractivity contribution in [2.75, 3.05) is 11.4 Å². The van der Waals surface area contributed by atoms with Crippen LogP contribution in [0.3, 0.4) is 0 Å². The van der Waals surface area contributed by atoms with Gasteiger partial charge >= 0.3 is 0 Å². The van der Waals surface area contributed by atoms with E-state index in [1.54, 1.807) is 29.2 Å². The fraction of sp³-hybridized carbons (Fsp3) is 0.240. The maximum Gasteiger partial charge on any atom is 0.226 e. The van der Waals surface area contributed by atoms with E-state index >= 15 is 0 Å². The Labute approximate surface area is 176 Å². The monoisotopic (exact) mass is 404 g/mol. The van der Waals surface area contributed by atoms with Crippen molar-refractivity contribution in [3.8, 4) is 11.1 Å². The lowest BCUT2D eigenvalue weighted by molar-refractivity contribution is -0.118. The summed E-state index contributed by atoms with van der Waals surface area (Å²) in [6, 6.07) is 18.5. The van der Waals surface area contributed by atoms with Crippen LogP contribution in [0.2, 0.25) is 0 Å². The number of hydrogen-bond acceptors (Lipinski definition) is 3. The van der Waals surface area contributed by atoms with Crippen LogP contribution in [0.1, 0.15) is 42.6 Å². The first kappa shape index (κ1) is 21.4. The van der Waals surface area contributed by atoms with Gasteiger partial charge in [0.25, 0.3) is 0 Å². The number of anilines is 1. The Kier molecular flexibility index (Phi) is 7.07. The summed E-state index contributed by atoms with van der Waals surface area (Å²) in [6.45, 7) is 4.45. The molecule has 0 unspecified atom stereocenters. The summed E-state index contributed by atoms with van der Waals surface area (Å²) in [5, 5.41) is 0. The van der Waals surface area contributed by atoms with Gasteiger partial charge in [0.1, 0.15) is 0 Å².